The molecule has 9 heteroatoms. The molecule has 0 unspecified atom stereocenters. The Morgan fingerprint density at radius 2 is 1.85 bits per heavy atom. The largest absolute Gasteiger partial charge is 0.451 e. The molecular formula is C18H13Cl2N3O4. The molecule has 2 aromatic carbocycles. The fourth-order valence-corrected chi connectivity index (χ4v) is 2.85. The zero-order valence-corrected chi connectivity index (χ0v) is 15.3. The Morgan fingerprint density at radius 1 is 1.11 bits per heavy atom. The number of rotatable bonds is 5. The van der Waals surface area contributed by atoms with Crippen LogP contribution in [0.4, 0.5) is 0 Å². The van der Waals surface area contributed by atoms with E-state index in [4.69, 9.17) is 27.9 Å². The third-order valence-electron chi connectivity index (χ3n) is 3.71. The van der Waals surface area contributed by atoms with Gasteiger partial charge in [0.15, 0.2) is 12.3 Å². The minimum absolute atomic E-state index is 0.0706. The highest BCUT2D eigenvalue weighted by Crippen LogP contribution is 2.20. The van der Waals surface area contributed by atoms with Crippen LogP contribution in [0.2, 0.25) is 10.0 Å². The fraction of sp³-hybridized carbons (Fsp3) is 0.111. The molecule has 0 radical (unpaired) electrons. The minimum Gasteiger partial charge on any atom is -0.451 e. The topological polar surface area (TPSA) is 101 Å². The Labute approximate surface area is 163 Å². The normalized spacial score (nSPS) is 10.6. The first kappa shape index (κ1) is 18.9. The van der Waals surface area contributed by atoms with Crippen LogP contribution in [0, 0.1) is 0 Å². The van der Waals surface area contributed by atoms with Crippen LogP contribution in [0.15, 0.2) is 47.3 Å². The van der Waals surface area contributed by atoms with Crippen molar-refractivity contribution in [2.24, 2.45) is 0 Å². The average molecular weight is 406 g/mol. The quantitative estimate of drug-likeness (QED) is 0.635. The van der Waals surface area contributed by atoms with Crippen LogP contribution < -0.4 is 10.9 Å². The van der Waals surface area contributed by atoms with Gasteiger partial charge in [0.2, 0.25) is 0 Å². The lowest BCUT2D eigenvalue weighted by Crippen LogP contribution is -2.29. The maximum absolute atomic E-state index is 12.2. The molecule has 1 amide bonds. The van der Waals surface area contributed by atoms with Crippen molar-refractivity contribution >= 4 is 45.9 Å². The van der Waals surface area contributed by atoms with Gasteiger partial charge in [0.1, 0.15) is 0 Å². The zero-order chi connectivity index (χ0) is 19.4. The molecule has 3 aromatic rings. The van der Waals surface area contributed by atoms with E-state index in [9.17, 15) is 14.4 Å². The molecule has 1 heterocycles. The van der Waals surface area contributed by atoms with E-state index in [0.29, 0.717) is 26.4 Å². The summed E-state index contributed by atoms with van der Waals surface area (Å²) in [7, 11) is 0. The van der Waals surface area contributed by atoms with E-state index in [1.807, 2.05) is 0 Å². The highest BCUT2D eigenvalue weighted by molar-refractivity contribution is 6.35. The summed E-state index contributed by atoms with van der Waals surface area (Å²) < 4.78 is 4.99. The lowest BCUT2D eigenvalue weighted by molar-refractivity contribution is -0.124. The molecule has 7 nitrogen and oxygen atoms in total. The summed E-state index contributed by atoms with van der Waals surface area (Å²) in [6, 6.07) is 11.4. The Hall–Kier alpha value is -2.90. The molecule has 3 rings (SSSR count). The summed E-state index contributed by atoms with van der Waals surface area (Å²) in [6.45, 7) is -0.342. The number of halogens is 2. The van der Waals surface area contributed by atoms with E-state index in [1.165, 1.54) is 0 Å². The highest BCUT2D eigenvalue weighted by atomic mass is 35.5. The number of aromatic amines is 1. The average Bonchev–Trinajstić information content (AvgIpc) is 2.66. The molecule has 0 aliphatic rings. The van der Waals surface area contributed by atoms with Crippen LogP contribution in [-0.4, -0.2) is 28.7 Å². The van der Waals surface area contributed by atoms with Gasteiger partial charge in [-0.2, -0.15) is 5.10 Å². The van der Waals surface area contributed by atoms with E-state index in [2.05, 4.69) is 15.5 Å². The molecule has 0 spiro atoms. The van der Waals surface area contributed by atoms with Crippen molar-refractivity contribution in [3.63, 3.8) is 0 Å². The van der Waals surface area contributed by atoms with Crippen molar-refractivity contribution in [2.75, 3.05) is 6.61 Å². The third kappa shape index (κ3) is 4.45. The van der Waals surface area contributed by atoms with Gasteiger partial charge >= 0.3 is 5.97 Å². The predicted molar refractivity (Wildman–Crippen MR) is 101 cm³/mol. The number of carbonyl (C=O) groups is 2. The maximum atomic E-state index is 12.2. The molecule has 0 aliphatic heterocycles. The standard InChI is InChI=1S/C18H13Cl2N3O4/c19-11-6-5-10(14(20)7-11)8-21-15(24)9-27-18(26)16-12-3-1-2-4-13(12)17(25)23-22-16/h1-7H,8-9H2,(H,21,24)(H,23,25). The number of carbonyl (C=O) groups excluding carboxylic acids is 2. The van der Waals surface area contributed by atoms with Crippen molar-refractivity contribution in [1.82, 2.24) is 15.5 Å². The number of hydrogen-bond donors (Lipinski definition) is 2. The van der Waals surface area contributed by atoms with Crippen LogP contribution in [0.5, 0.6) is 0 Å². The number of fused-ring (bicyclic) bond motifs is 1. The van der Waals surface area contributed by atoms with Crippen LogP contribution in [-0.2, 0) is 16.1 Å². The Balaban J connectivity index is 1.61. The first-order chi connectivity index (χ1) is 13.0. The van der Waals surface area contributed by atoms with E-state index in [1.54, 1.807) is 42.5 Å². The molecule has 27 heavy (non-hydrogen) atoms. The van der Waals surface area contributed by atoms with Crippen molar-refractivity contribution in [2.45, 2.75) is 6.54 Å². The molecular weight excluding hydrogens is 393 g/mol. The van der Waals surface area contributed by atoms with Crippen LogP contribution in [0.1, 0.15) is 16.1 Å². The fourth-order valence-electron chi connectivity index (χ4n) is 2.38. The second-order valence-corrected chi connectivity index (χ2v) is 6.38. The Morgan fingerprint density at radius 3 is 2.59 bits per heavy atom. The van der Waals surface area contributed by atoms with Gasteiger partial charge in [0.05, 0.1) is 5.39 Å². The summed E-state index contributed by atoms with van der Waals surface area (Å²) in [4.78, 5) is 35.9. The van der Waals surface area contributed by atoms with Crippen LogP contribution >= 0.6 is 23.2 Å². The van der Waals surface area contributed by atoms with E-state index < -0.39 is 24.0 Å². The van der Waals surface area contributed by atoms with Gasteiger partial charge in [-0.3, -0.25) is 9.59 Å². The number of H-pyrrole nitrogens is 1. The molecule has 0 saturated heterocycles. The first-order valence-corrected chi connectivity index (χ1v) is 8.56. The molecule has 0 atom stereocenters. The maximum Gasteiger partial charge on any atom is 0.359 e. The number of amides is 1. The number of hydrogen-bond acceptors (Lipinski definition) is 5. The van der Waals surface area contributed by atoms with Crippen molar-refractivity contribution in [1.29, 1.82) is 0 Å². The molecule has 1 aromatic heterocycles. The Kier molecular flexibility index (Phi) is 5.73. The summed E-state index contributed by atoms with van der Waals surface area (Å²) in [5.74, 6) is -1.33. The van der Waals surface area contributed by atoms with Gasteiger partial charge in [-0.15, -0.1) is 0 Å². The number of nitrogens with one attached hydrogen (secondary N) is 2. The monoisotopic (exact) mass is 405 g/mol. The van der Waals surface area contributed by atoms with E-state index in [0.717, 1.165) is 0 Å². The molecule has 0 bridgehead atoms. The number of benzene rings is 2. The molecule has 0 fully saturated rings. The molecule has 138 valence electrons. The van der Waals surface area contributed by atoms with Crippen LogP contribution in [0.3, 0.4) is 0 Å². The van der Waals surface area contributed by atoms with Gasteiger partial charge in [0, 0.05) is 22.0 Å². The highest BCUT2D eigenvalue weighted by Gasteiger charge is 2.16. The van der Waals surface area contributed by atoms with Crippen molar-refractivity contribution < 1.29 is 14.3 Å². The number of nitrogens with zero attached hydrogens (tertiary/aromatic N) is 1. The van der Waals surface area contributed by atoms with Gasteiger partial charge in [-0.05, 0) is 23.8 Å². The first-order valence-electron chi connectivity index (χ1n) is 7.81. The van der Waals surface area contributed by atoms with E-state index in [-0.39, 0.29) is 12.2 Å². The second-order valence-electron chi connectivity index (χ2n) is 5.54. The summed E-state index contributed by atoms with van der Waals surface area (Å²) in [6.07, 6.45) is 0. The molecule has 2 N–H and O–H groups in total. The Bertz CT molecular complexity index is 1080. The summed E-state index contributed by atoms with van der Waals surface area (Å²) in [5, 5.41) is 10.1. The zero-order valence-electron chi connectivity index (χ0n) is 13.8. The lowest BCUT2D eigenvalue weighted by Gasteiger charge is -2.08. The van der Waals surface area contributed by atoms with Crippen molar-refractivity contribution in [3.8, 4) is 0 Å². The third-order valence-corrected chi connectivity index (χ3v) is 4.30. The van der Waals surface area contributed by atoms with E-state index >= 15 is 0 Å². The van der Waals surface area contributed by atoms with Gasteiger partial charge < -0.3 is 10.1 Å². The smallest absolute Gasteiger partial charge is 0.359 e. The van der Waals surface area contributed by atoms with Crippen LogP contribution in [0.25, 0.3) is 10.8 Å². The molecule has 0 aliphatic carbocycles. The predicted octanol–water partition coefficient (Wildman–Crippen LogP) is 2.70. The number of ether oxygens (including phenoxy) is 1. The minimum atomic E-state index is -0.817. The summed E-state index contributed by atoms with van der Waals surface area (Å²) >= 11 is 11.8. The molecule has 0 saturated carbocycles. The lowest BCUT2D eigenvalue weighted by atomic mass is 10.1. The van der Waals surface area contributed by atoms with Crippen molar-refractivity contribution in [3.05, 3.63) is 74.1 Å². The summed E-state index contributed by atoms with van der Waals surface area (Å²) in [5.41, 5.74) is 0.188. The second kappa shape index (κ2) is 8.20. The SMILES string of the molecule is O=C(COC(=O)c1n[nH]c(=O)c2ccccc12)NCc1ccc(Cl)cc1Cl. The van der Waals surface area contributed by atoms with Gasteiger partial charge in [-0.1, -0.05) is 47.5 Å². The van der Waals surface area contributed by atoms with Gasteiger partial charge in [0.25, 0.3) is 11.5 Å². The van der Waals surface area contributed by atoms with Gasteiger partial charge in [-0.25, -0.2) is 9.89 Å². The number of aromatic nitrogens is 2. The number of esters is 1.